The average molecular weight is 340 g/mol. The minimum absolute atomic E-state index is 0.614. The summed E-state index contributed by atoms with van der Waals surface area (Å²) in [6.07, 6.45) is 0.958. The van der Waals surface area contributed by atoms with E-state index in [0.717, 1.165) is 30.1 Å². The van der Waals surface area contributed by atoms with Gasteiger partial charge in [-0.05, 0) is 45.7 Å². The lowest BCUT2D eigenvalue weighted by molar-refractivity contribution is 0.0374. The first-order chi connectivity index (χ1) is 11.9. The largest absolute Gasteiger partial charge is 0.428 e. The second-order valence-electron chi connectivity index (χ2n) is 5.85. The zero-order valence-electron chi connectivity index (χ0n) is 14.2. The molecule has 3 nitrogen and oxygen atoms in total. The molecular formula is C20H24O3Si. The van der Waals surface area contributed by atoms with Gasteiger partial charge >= 0.3 is 0 Å². The highest BCUT2D eigenvalue weighted by Gasteiger charge is 2.03. The first-order valence-electron chi connectivity index (χ1n) is 8.43. The zero-order chi connectivity index (χ0) is 16.6. The third-order valence-corrected chi connectivity index (χ3v) is 4.51. The third kappa shape index (κ3) is 4.42. The molecule has 3 rings (SSSR count). The fourth-order valence-corrected chi connectivity index (χ4v) is 3.15. The van der Waals surface area contributed by atoms with E-state index in [1.807, 2.05) is 0 Å². The number of ether oxygens (including phenoxy) is 2. The van der Waals surface area contributed by atoms with Crippen LogP contribution in [0.5, 0.6) is 0 Å². The molecule has 0 saturated carbocycles. The van der Waals surface area contributed by atoms with Crippen molar-refractivity contribution in [1.82, 2.24) is 0 Å². The van der Waals surface area contributed by atoms with E-state index in [9.17, 15) is 0 Å². The monoisotopic (exact) mass is 340 g/mol. The fourth-order valence-electron chi connectivity index (χ4n) is 2.86. The van der Waals surface area contributed by atoms with Crippen molar-refractivity contribution in [2.75, 3.05) is 26.4 Å². The molecule has 4 heteroatoms. The van der Waals surface area contributed by atoms with Crippen LogP contribution in [0.2, 0.25) is 0 Å². The van der Waals surface area contributed by atoms with Crippen molar-refractivity contribution >= 4 is 32.0 Å². The Labute approximate surface area is 146 Å². The first-order valence-corrected chi connectivity index (χ1v) is 9.25. The van der Waals surface area contributed by atoms with Crippen LogP contribution in [0.1, 0.15) is 12.0 Å². The molecule has 0 atom stereocenters. The van der Waals surface area contributed by atoms with Crippen LogP contribution in [0.4, 0.5) is 0 Å². The second kappa shape index (κ2) is 8.94. The van der Waals surface area contributed by atoms with Gasteiger partial charge in [-0.25, -0.2) is 0 Å². The van der Waals surface area contributed by atoms with Crippen molar-refractivity contribution in [3.8, 4) is 0 Å². The minimum Gasteiger partial charge on any atom is -0.428 e. The van der Waals surface area contributed by atoms with Crippen LogP contribution in [-0.2, 0) is 20.5 Å². The number of hydrogen-bond donors (Lipinski definition) is 0. The van der Waals surface area contributed by atoms with Crippen molar-refractivity contribution in [2.24, 2.45) is 0 Å². The van der Waals surface area contributed by atoms with Crippen molar-refractivity contribution < 1.29 is 13.9 Å². The molecule has 0 amide bonds. The van der Waals surface area contributed by atoms with E-state index in [0.29, 0.717) is 19.8 Å². The van der Waals surface area contributed by atoms with Gasteiger partial charge in [-0.15, -0.1) is 0 Å². The maximum absolute atomic E-state index is 5.80. The molecule has 126 valence electrons. The van der Waals surface area contributed by atoms with Gasteiger partial charge < -0.3 is 13.9 Å². The lowest BCUT2D eigenvalue weighted by Crippen LogP contribution is -2.07. The molecule has 0 aliphatic heterocycles. The molecular weight excluding hydrogens is 316 g/mol. The standard InChI is InChI=1S/C20H24O3Si/c24-23-10-4-9-21-11-12-22-15-19-8-3-7-18-13-16-5-1-2-6-17(16)14-20(18)19/h1-3,5-8,13-14H,4,9-12,15H2,24H3. The Morgan fingerprint density at radius 3 is 2.29 bits per heavy atom. The van der Waals surface area contributed by atoms with Crippen LogP contribution < -0.4 is 0 Å². The second-order valence-corrected chi connectivity index (χ2v) is 6.43. The molecule has 0 N–H and O–H groups in total. The smallest absolute Gasteiger partial charge is 0.145 e. The maximum Gasteiger partial charge on any atom is 0.145 e. The van der Waals surface area contributed by atoms with E-state index in [1.165, 1.54) is 27.1 Å². The van der Waals surface area contributed by atoms with Crippen LogP contribution in [-0.4, -0.2) is 36.9 Å². The molecule has 0 bridgehead atoms. The summed E-state index contributed by atoms with van der Waals surface area (Å²) >= 11 is 0. The van der Waals surface area contributed by atoms with E-state index in [-0.39, 0.29) is 0 Å². The van der Waals surface area contributed by atoms with Crippen LogP contribution >= 0.6 is 0 Å². The summed E-state index contributed by atoms with van der Waals surface area (Å²) in [5.74, 6) is 0. The Kier molecular flexibility index (Phi) is 6.38. The number of fused-ring (bicyclic) bond motifs is 2. The van der Waals surface area contributed by atoms with Gasteiger partial charge in [0.15, 0.2) is 0 Å². The maximum atomic E-state index is 5.80. The molecule has 0 aromatic heterocycles. The quantitative estimate of drug-likeness (QED) is 0.340. The lowest BCUT2D eigenvalue weighted by Gasteiger charge is -2.10. The predicted octanol–water partition coefficient (Wildman–Crippen LogP) is 3.21. The van der Waals surface area contributed by atoms with Crippen LogP contribution in [0.3, 0.4) is 0 Å². The summed E-state index contributed by atoms with van der Waals surface area (Å²) in [5, 5.41) is 5.06. The van der Waals surface area contributed by atoms with Gasteiger partial charge in [0.25, 0.3) is 0 Å². The Balaban J connectivity index is 1.59. The number of hydrogen-bond acceptors (Lipinski definition) is 3. The summed E-state index contributed by atoms with van der Waals surface area (Å²) in [6.45, 7) is 3.41. The topological polar surface area (TPSA) is 27.7 Å². The van der Waals surface area contributed by atoms with Crippen LogP contribution in [0.15, 0.2) is 54.6 Å². The highest BCUT2D eigenvalue weighted by Crippen LogP contribution is 2.25. The molecule has 0 heterocycles. The lowest BCUT2D eigenvalue weighted by atomic mass is 10.00. The molecule has 0 unspecified atom stereocenters. The molecule has 0 spiro atoms. The van der Waals surface area contributed by atoms with Gasteiger partial charge in [0.05, 0.1) is 19.8 Å². The molecule has 0 saturated heterocycles. The molecule has 0 aliphatic rings. The Hall–Kier alpha value is -1.72. The minimum atomic E-state index is 0.614. The van der Waals surface area contributed by atoms with E-state index in [4.69, 9.17) is 13.9 Å². The average Bonchev–Trinajstić information content (AvgIpc) is 2.62. The Morgan fingerprint density at radius 1 is 0.708 bits per heavy atom. The predicted molar refractivity (Wildman–Crippen MR) is 102 cm³/mol. The number of benzene rings is 3. The normalized spacial score (nSPS) is 11.5. The van der Waals surface area contributed by atoms with Gasteiger partial charge in [-0.3, -0.25) is 0 Å². The van der Waals surface area contributed by atoms with E-state index < -0.39 is 0 Å². The molecule has 0 aliphatic carbocycles. The summed E-state index contributed by atoms with van der Waals surface area (Å²) in [6, 6.07) is 19.4. The SMILES string of the molecule is [SiH3]OCCCOCCOCc1cccc2cc3ccccc3cc12. The van der Waals surface area contributed by atoms with Gasteiger partial charge in [0.1, 0.15) is 10.5 Å². The highest BCUT2D eigenvalue weighted by molar-refractivity contribution is 5.99. The number of rotatable bonds is 9. The van der Waals surface area contributed by atoms with Crippen molar-refractivity contribution in [3.63, 3.8) is 0 Å². The summed E-state index contributed by atoms with van der Waals surface area (Å²) < 4.78 is 16.5. The van der Waals surface area contributed by atoms with E-state index >= 15 is 0 Å². The van der Waals surface area contributed by atoms with Gasteiger partial charge in [-0.1, -0.05) is 42.5 Å². The molecule has 0 radical (unpaired) electrons. The molecule has 3 aromatic rings. The Morgan fingerprint density at radius 2 is 1.46 bits per heavy atom. The van der Waals surface area contributed by atoms with Crippen LogP contribution in [0, 0.1) is 0 Å². The van der Waals surface area contributed by atoms with E-state index in [2.05, 4.69) is 54.6 Å². The fraction of sp³-hybridized carbons (Fsp3) is 0.300. The third-order valence-electron chi connectivity index (χ3n) is 4.10. The molecule has 0 fully saturated rings. The van der Waals surface area contributed by atoms with E-state index in [1.54, 1.807) is 0 Å². The van der Waals surface area contributed by atoms with Gasteiger partial charge in [-0.2, -0.15) is 0 Å². The summed E-state index contributed by atoms with van der Waals surface area (Å²) in [5.41, 5.74) is 1.22. The van der Waals surface area contributed by atoms with Crippen molar-refractivity contribution in [1.29, 1.82) is 0 Å². The highest BCUT2D eigenvalue weighted by atomic mass is 28.2. The zero-order valence-corrected chi connectivity index (χ0v) is 16.2. The van der Waals surface area contributed by atoms with Crippen LogP contribution in [0.25, 0.3) is 21.5 Å². The Bertz CT molecular complexity index is 788. The summed E-state index contributed by atoms with van der Waals surface area (Å²) in [4.78, 5) is 0. The molecule has 3 aromatic carbocycles. The van der Waals surface area contributed by atoms with Crippen molar-refractivity contribution in [3.05, 3.63) is 60.2 Å². The summed E-state index contributed by atoms with van der Waals surface area (Å²) in [7, 11) is 0.802. The van der Waals surface area contributed by atoms with Crippen molar-refractivity contribution in [2.45, 2.75) is 13.0 Å². The molecule has 24 heavy (non-hydrogen) atoms. The van der Waals surface area contributed by atoms with Gasteiger partial charge in [0, 0.05) is 13.2 Å². The van der Waals surface area contributed by atoms with Gasteiger partial charge in [0.2, 0.25) is 0 Å². The first kappa shape index (κ1) is 17.1.